The van der Waals surface area contributed by atoms with Crippen molar-refractivity contribution in [2.45, 2.75) is 61.9 Å². The van der Waals surface area contributed by atoms with Crippen LogP contribution in [0.3, 0.4) is 0 Å². The molecule has 3 aliphatic rings. The number of halogens is 1. The Balaban J connectivity index is 0.887. The van der Waals surface area contributed by atoms with Crippen molar-refractivity contribution in [3.05, 3.63) is 142 Å². The smallest absolute Gasteiger partial charge is 0.326 e. The van der Waals surface area contributed by atoms with Crippen molar-refractivity contribution in [1.82, 2.24) is 9.47 Å². The summed E-state index contributed by atoms with van der Waals surface area (Å²) in [6, 6.07) is 38.1. The molecule has 19 heteroatoms. The molecule has 3 fully saturated rings. The van der Waals surface area contributed by atoms with Crippen molar-refractivity contribution in [3.8, 4) is 22.4 Å². The Morgan fingerprint density at radius 2 is 1.51 bits per heavy atom. The molecule has 1 aromatic heterocycles. The fourth-order valence-electron chi connectivity index (χ4n) is 10.6. The minimum atomic E-state index is -3.74. The largest absolute Gasteiger partial charge is 0.481 e. The number of piperazine rings is 1. The molecule has 6 aromatic rings. The second-order valence-electron chi connectivity index (χ2n) is 19.6. The van der Waals surface area contributed by atoms with E-state index in [1.807, 2.05) is 97.9 Å². The Morgan fingerprint density at radius 1 is 0.851 bits per heavy atom. The fraction of sp³-hybridized carbons (Fsp3) is 0.364. The highest BCUT2D eigenvalue weighted by atomic mass is 35.5. The first-order valence-electron chi connectivity index (χ1n) is 25.1. The van der Waals surface area contributed by atoms with Crippen molar-refractivity contribution in [3.63, 3.8) is 0 Å². The minimum absolute atomic E-state index is 0.00602. The number of benzene rings is 5. The van der Waals surface area contributed by atoms with Crippen molar-refractivity contribution < 1.29 is 32.3 Å². The van der Waals surface area contributed by atoms with Gasteiger partial charge in [-0.05, 0) is 137 Å². The van der Waals surface area contributed by atoms with Gasteiger partial charge < -0.3 is 34.2 Å². The molecular weight excluding hydrogens is 1020 g/mol. The summed E-state index contributed by atoms with van der Waals surface area (Å²) >= 11 is 7.97. The molecule has 5 aromatic carbocycles. The average molecular weight is 1080 g/mol. The molecule has 15 nitrogen and oxygen atoms in total. The lowest BCUT2D eigenvalue weighted by atomic mass is 9.97. The number of likely N-dealkylation sites (tertiary alicyclic amines) is 1. The summed E-state index contributed by atoms with van der Waals surface area (Å²) in [7, 11) is -7.37. The molecular formula is C55H63ClN7O8PS2. The first kappa shape index (κ1) is 53.0. The number of nitro groups is 1. The van der Waals surface area contributed by atoms with E-state index in [0.29, 0.717) is 83.7 Å². The fourth-order valence-corrected chi connectivity index (χ4v) is 15.2. The third-order valence-corrected chi connectivity index (χ3v) is 19.6. The van der Waals surface area contributed by atoms with Crippen LogP contribution in [0, 0.1) is 23.0 Å². The molecule has 0 amide bonds. The number of sulfone groups is 1. The normalized spacial score (nSPS) is 18.3. The van der Waals surface area contributed by atoms with Gasteiger partial charge in [0.2, 0.25) is 0 Å². The number of nitrogens with one attached hydrogen (secondary N) is 1. The lowest BCUT2D eigenvalue weighted by molar-refractivity contribution is -0.383. The average Bonchev–Trinajstić information content (AvgIpc) is 3.96. The van der Waals surface area contributed by atoms with Crippen molar-refractivity contribution in [1.29, 1.82) is 0 Å². The number of anilines is 4. The van der Waals surface area contributed by atoms with Crippen LogP contribution in [-0.2, 0) is 23.7 Å². The second kappa shape index (κ2) is 22.6. The van der Waals surface area contributed by atoms with E-state index in [9.17, 15) is 33.0 Å². The van der Waals surface area contributed by atoms with E-state index in [4.69, 9.17) is 16.1 Å². The number of piperidine rings is 1. The van der Waals surface area contributed by atoms with E-state index in [1.54, 1.807) is 28.6 Å². The highest BCUT2D eigenvalue weighted by Gasteiger charge is 2.41. The van der Waals surface area contributed by atoms with Gasteiger partial charge in [0.1, 0.15) is 5.69 Å². The Kier molecular flexibility index (Phi) is 16.2. The number of aromatic nitrogens is 1. The van der Waals surface area contributed by atoms with Crippen LogP contribution in [0.15, 0.2) is 131 Å². The van der Waals surface area contributed by atoms with Crippen LogP contribution in [0.2, 0.25) is 5.02 Å². The van der Waals surface area contributed by atoms with Gasteiger partial charge in [0.05, 0.1) is 39.9 Å². The Morgan fingerprint density at radius 3 is 2.15 bits per heavy atom. The van der Waals surface area contributed by atoms with Crippen LogP contribution in [0.25, 0.3) is 22.4 Å². The van der Waals surface area contributed by atoms with E-state index < -0.39 is 28.2 Å². The van der Waals surface area contributed by atoms with E-state index in [0.717, 1.165) is 59.3 Å². The Labute approximate surface area is 443 Å². The topological polar surface area (TPSA) is 171 Å². The molecule has 9 rings (SSSR count). The summed E-state index contributed by atoms with van der Waals surface area (Å²) in [5, 5.41) is 26.5. The number of carbonyl (C=O) groups is 1. The number of hydrogen-bond donors (Lipinski definition) is 2. The van der Waals surface area contributed by atoms with Gasteiger partial charge in [0.25, 0.3) is 5.69 Å². The molecule has 2 unspecified atom stereocenters. The monoisotopic (exact) mass is 1080 g/mol. The lowest BCUT2D eigenvalue weighted by Crippen LogP contribution is -2.46. The molecule has 0 radical (unpaired) electrons. The quantitative estimate of drug-likeness (QED) is 0.0361. The number of aliphatic carboxylic acids is 1. The number of hydrogen-bond acceptors (Lipinski definition) is 12. The molecule has 0 bridgehead atoms. The number of thioether (sulfide) groups is 1. The molecule has 0 spiro atoms. The second-order valence-corrected chi connectivity index (χ2v) is 25.3. The number of nitro benzene ring substituents is 1. The number of rotatable bonds is 18. The summed E-state index contributed by atoms with van der Waals surface area (Å²) in [4.78, 5) is 32.1. The summed E-state index contributed by atoms with van der Waals surface area (Å²) < 4.78 is 51.9. The number of carboxylic acids is 1. The van der Waals surface area contributed by atoms with Gasteiger partial charge in [-0.3, -0.25) is 24.1 Å². The van der Waals surface area contributed by atoms with Crippen molar-refractivity contribution in [2.24, 2.45) is 5.92 Å². The molecule has 3 saturated heterocycles. The summed E-state index contributed by atoms with van der Waals surface area (Å²) in [6.45, 7) is 11.5. The van der Waals surface area contributed by atoms with Gasteiger partial charge in [-0.15, -0.1) is 11.8 Å². The lowest BCUT2D eigenvalue weighted by Gasteiger charge is -2.37. The number of carboxylic acid groups (broad SMARTS) is 1. The van der Waals surface area contributed by atoms with Crippen molar-refractivity contribution in [2.75, 3.05) is 90.8 Å². The van der Waals surface area contributed by atoms with Gasteiger partial charge in [-0.1, -0.05) is 54.1 Å². The summed E-state index contributed by atoms with van der Waals surface area (Å²) in [5.41, 5.74) is 6.74. The van der Waals surface area contributed by atoms with Crippen LogP contribution in [0.4, 0.5) is 28.4 Å². The SMILES string of the molecule is Cc1c(S(C)(=O)=O)c(-c2cccc(N3CCN(c4ccc(N5CCOP5(=O)c5ccc(NC(CCN6CCC(C(=O)O)CC6)CSc6ccccc6)c([N+](=O)[O-])c5)cc4)CC3)c2)c(-c2ccc(Cl)cc2)n1C(C)C. The van der Waals surface area contributed by atoms with Crippen LogP contribution in [0.1, 0.15) is 44.8 Å². The number of nitrogens with zero attached hydrogens (tertiary/aromatic N) is 6. The maximum Gasteiger partial charge on any atom is 0.326 e. The molecule has 0 saturated carbocycles. The summed E-state index contributed by atoms with van der Waals surface area (Å²) in [6.07, 6.45) is 3.15. The highest BCUT2D eigenvalue weighted by molar-refractivity contribution is 7.99. The van der Waals surface area contributed by atoms with Gasteiger partial charge in [0, 0.05) is 101 Å². The predicted octanol–water partition coefficient (Wildman–Crippen LogP) is 11.1. The Hall–Kier alpha value is -5.81. The molecule has 2 atom stereocenters. The van der Waals surface area contributed by atoms with E-state index in [1.165, 1.54) is 12.3 Å². The van der Waals surface area contributed by atoms with E-state index >= 15 is 0 Å². The summed E-state index contributed by atoms with van der Waals surface area (Å²) in [5.74, 6) is -0.440. The molecule has 390 valence electrons. The Bertz CT molecular complexity index is 3150. The van der Waals surface area contributed by atoms with Crippen molar-refractivity contribution >= 4 is 80.4 Å². The zero-order valence-corrected chi connectivity index (χ0v) is 45.4. The zero-order chi connectivity index (χ0) is 52.3. The van der Waals surface area contributed by atoms with Gasteiger partial charge in [-0.2, -0.15) is 0 Å². The van der Waals surface area contributed by atoms with E-state index in [-0.39, 0.29) is 35.6 Å². The van der Waals surface area contributed by atoms with Gasteiger partial charge in [0.15, 0.2) is 9.84 Å². The molecule has 4 heterocycles. The third-order valence-electron chi connectivity index (χ3n) is 14.4. The highest BCUT2D eigenvalue weighted by Crippen LogP contribution is 2.56. The molecule has 3 aliphatic heterocycles. The van der Waals surface area contributed by atoms with Crippen LogP contribution >= 0.6 is 30.9 Å². The predicted molar refractivity (Wildman–Crippen MR) is 299 cm³/mol. The first-order chi connectivity index (χ1) is 35.5. The van der Waals surface area contributed by atoms with E-state index in [2.05, 4.69) is 50.6 Å². The standard InChI is InChI=1S/C55H63ClN7O8PS2/c1-38(2)62-39(3)54(74(4,69)70)52(53(62)40-13-15-43(56)16-14-40)42-9-8-10-47(35-42)60-31-29-59(30-32-60)45-17-19-46(20-18-45)61-33-34-71-72(61,68)48-21-22-50(51(36-48)63(66)67)57-44(37-73-49-11-6-5-7-12-49)25-28-58-26-23-41(24-27-58)55(64)65/h5-22,35-36,38,41,44,57H,23-34,37H2,1-4H3,(H,64,65). The van der Waals surface area contributed by atoms with Crippen LogP contribution < -0.4 is 25.1 Å². The maximum atomic E-state index is 14.9. The molecule has 0 aliphatic carbocycles. The maximum absolute atomic E-state index is 14.9. The third kappa shape index (κ3) is 11.5. The first-order valence-corrected chi connectivity index (χ1v) is 29.9. The van der Waals surface area contributed by atoms with Gasteiger partial charge >= 0.3 is 13.5 Å². The molecule has 2 N–H and O–H groups in total. The van der Waals surface area contributed by atoms with Crippen LogP contribution in [0.5, 0.6) is 0 Å². The van der Waals surface area contributed by atoms with Gasteiger partial charge in [-0.25, -0.2) is 8.42 Å². The zero-order valence-electron chi connectivity index (χ0n) is 42.1. The van der Waals surface area contributed by atoms with Crippen LogP contribution in [-0.4, -0.2) is 111 Å². The molecule has 74 heavy (non-hydrogen) atoms. The minimum Gasteiger partial charge on any atom is -0.481 e.